The Morgan fingerprint density at radius 2 is 2.21 bits per heavy atom. The van der Waals surface area contributed by atoms with E-state index in [0.717, 1.165) is 25.2 Å². The molecule has 1 atom stereocenters. The number of hydrogen-bond donors (Lipinski definition) is 1. The number of nitrogens with zero attached hydrogens (tertiary/aromatic N) is 4. The van der Waals surface area contributed by atoms with Crippen LogP contribution in [-0.2, 0) is 11.3 Å². The summed E-state index contributed by atoms with van der Waals surface area (Å²) in [5.74, 6) is 0.0791. The third kappa shape index (κ3) is 3.67. The summed E-state index contributed by atoms with van der Waals surface area (Å²) < 4.78 is 0. The third-order valence-corrected chi connectivity index (χ3v) is 4.75. The first kappa shape index (κ1) is 16.7. The van der Waals surface area contributed by atoms with Gasteiger partial charge in [0, 0.05) is 77.6 Å². The molecule has 1 N–H and O–H groups in total. The van der Waals surface area contributed by atoms with Gasteiger partial charge in [0.1, 0.15) is 0 Å². The number of hydrogen-bond acceptors (Lipinski definition) is 4. The fourth-order valence-electron chi connectivity index (χ4n) is 3.66. The summed E-state index contributed by atoms with van der Waals surface area (Å²) in [7, 11) is 3.54. The van der Waals surface area contributed by atoms with Crippen molar-refractivity contribution in [3.8, 4) is 0 Å². The van der Waals surface area contributed by atoms with Crippen LogP contribution < -0.4 is 5.32 Å². The van der Waals surface area contributed by atoms with Gasteiger partial charge in [-0.05, 0) is 11.6 Å². The summed E-state index contributed by atoms with van der Waals surface area (Å²) in [6.45, 7) is 4.31. The van der Waals surface area contributed by atoms with Crippen molar-refractivity contribution in [3.63, 3.8) is 0 Å². The van der Waals surface area contributed by atoms with Gasteiger partial charge in [-0.2, -0.15) is 0 Å². The number of aromatic nitrogens is 1. The van der Waals surface area contributed by atoms with E-state index in [9.17, 15) is 9.59 Å². The summed E-state index contributed by atoms with van der Waals surface area (Å²) in [5.41, 5.74) is 0.943. The Morgan fingerprint density at radius 3 is 2.83 bits per heavy atom. The number of pyridine rings is 1. The average molecular weight is 331 g/mol. The van der Waals surface area contributed by atoms with Gasteiger partial charge in [0.2, 0.25) is 5.91 Å². The van der Waals surface area contributed by atoms with Crippen LogP contribution in [0.25, 0.3) is 0 Å². The number of carbonyl (C=O) groups excluding carboxylic acids is 2. The molecule has 2 aliphatic rings. The zero-order valence-corrected chi connectivity index (χ0v) is 14.4. The van der Waals surface area contributed by atoms with Gasteiger partial charge in [-0.3, -0.25) is 14.7 Å². The fraction of sp³-hybridized carbons (Fsp3) is 0.588. The van der Waals surface area contributed by atoms with E-state index in [-0.39, 0.29) is 17.4 Å². The van der Waals surface area contributed by atoms with E-state index in [1.807, 2.05) is 17.2 Å². The first-order valence-corrected chi connectivity index (χ1v) is 8.32. The predicted molar refractivity (Wildman–Crippen MR) is 90.2 cm³/mol. The molecular formula is C17H25N5O2. The molecule has 0 bridgehead atoms. The van der Waals surface area contributed by atoms with E-state index >= 15 is 0 Å². The SMILES string of the molecule is CN(C)C(=O)N1CCN(Cc2cccnc2)C[C@]2(CNC(=O)C2)C1. The zero-order valence-electron chi connectivity index (χ0n) is 14.4. The topological polar surface area (TPSA) is 68.8 Å². The molecule has 130 valence electrons. The van der Waals surface area contributed by atoms with Crippen molar-refractivity contribution in [1.82, 2.24) is 25.0 Å². The Hall–Kier alpha value is -2.15. The van der Waals surface area contributed by atoms with E-state index in [1.165, 1.54) is 0 Å². The second kappa shape index (κ2) is 6.76. The van der Waals surface area contributed by atoms with Crippen molar-refractivity contribution in [2.45, 2.75) is 13.0 Å². The lowest BCUT2D eigenvalue weighted by molar-refractivity contribution is -0.119. The smallest absolute Gasteiger partial charge is 0.319 e. The highest BCUT2D eigenvalue weighted by molar-refractivity contribution is 5.80. The van der Waals surface area contributed by atoms with Crippen molar-refractivity contribution in [2.75, 3.05) is 46.8 Å². The lowest BCUT2D eigenvalue weighted by Gasteiger charge is -2.33. The monoisotopic (exact) mass is 331 g/mol. The summed E-state index contributed by atoms with van der Waals surface area (Å²) in [6, 6.07) is 4.01. The summed E-state index contributed by atoms with van der Waals surface area (Å²) in [5, 5.41) is 2.95. The maximum absolute atomic E-state index is 12.5. The van der Waals surface area contributed by atoms with Gasteiger partial charge in [0.05, 0.1) is 0 Å². The summed E-state index contributed by atoms with van der Waals surface area (Å²) in [4.78, 5) is 34.3. The Balaban J connectivity index is 1.78. The molecule has 2 saturated heterocycles. The maximum Gasteiger partial charge on any atom is 0.319 e. The first-order valence-electron chi connectivity index (χ1n) is 8.32. The molecule has 7 heteroatoms. The van der Waals surface area contributed by atoms with Crippen LogP contribution in [0.1, 0.15) is 12.0 Å². The van der Waals surface area contributed by atoms with E-state index in [4.69, 9.17) is 0 Å². The zero-order chi connectivity index (χ0) is 17.2. The van der Waals surface area contributed by atoms with Crippen molar-refractivity contribution in [2.24, 2.45) is 5.41 Å². The number of urea groups is 1. The van der Waals surface area contributed by atoms with Crippen LogP contribution in [0.2, 0.25) is 0 Å². The lowest BCUT2D eigenvalue weighted by Crippen LogP contribution is -2.47. The highest BCUT2D eigenvalue weighted by atomic mass is 16.2. The number of amides is 3. The van der Waals surface area contributed by atoms with Crippen LogP contribution in [0.15, 0.2) is 24.5 Å². The normalized spacial score (nSPS) is 24.8. The highest BCUT2D eigenvalue weighted by Gasteiger charge is 2.44. The predicted octanol–water partition coefficient (Wildman–Crippen LogP) is 0.387. The summed E-state index contributed by atoms with van der Waals surface area (Å²) >= 11 is 0. The third-order valence-electron chi connectivity index (χ3n) is 4.75. The molecule has 1 aromatic rings. The highest BCUT2D eigenvalue weighted by Crippen LogP contribution is 2.31. The maximum atomic E-state index is 12.5. The molecule has 1 spiro atoms. The quantitative estimate of drug-likeness (QED) is 0.851. The van der Waals surface area contributed by atoms with Gasteiger partial charge in [-0.25, -0.2) is 4.79 Å². The van der Waals surface area contributed by atoms with Crippen LogP contribution in [0, 0.1) is 5.41 Å². The number of carbonyl (C=O) groups is 2. The molecule has 24 heavy (non-hydrogen) atoms. The second-order valence-electron chi connectivity index (χ2n) is 7.12. The fourth-order valence-corrected chi connectivity index (χ4v) is 3.66. The molecule has 7 nitrogen and oxygen atoms in total. The first-order chi connectivity index (χ1) is 11.5. The van der Waals surface area contributed by atoms with E-state index in [2.05, 4.69) is 21.3 Å². The molecule has 0 unspecified atom stereocenters. The van der Waals surface area contributed by atoms with Gasteiger partial charge < -0.3 is 15.1 Å². The molecule has 3 heterocycles. The Kier molecular flexibility index (Phi) is 4.71. The van der Waals surface area contributed by atoms with Gasteiger partial charge in [0.15, 0.2) is 0 Å². The Labute approximate surface area is 142 Å². The molecule has 0 aliphatic carbocycles. The molecule has 2 aliphatic heterocycles. The molecule has 1 aromatic heterocycles. The Bertz CT molecular complexity index is 606. The standard InChI is InChI=1S/C17H25N5O2/c1-20(2)16(24)22-7-6-21(10-14-4-3-5-18-9-14)12-17(13-22)8-15(23)19-11-17/h3-5,9H,6-8,10-13H2,1-2H3,(H,19,23)/t17-/m0/s1. The van der Waals surface area contributed by atoms with E-state index in [1.54, 1.807) is 25.2 Å². The van der Waals surface area contributed by atoms with Gasteiger partial charge in [-0.15, -0.1) is 0 Å². The summed E-state index contributed by atoms with van der Waals surface area (Å²) in [6.07, 6.45) is 4.12. The van der Waals surface area contributed by atoms with Crippen LogP contribution >= 0.6 is 0 Å². The number of rotatable bonds is 2. The number of nitrogens with one attached hydrogen (secondary N) is 1. The van der Waals surface area contributed by atoms with Crippen LogP contribution in [0.5, 0.6) is 0 Å². The molecular weight excluding hydrogens is 306 g/mol. The van der Waals surface area contributed by atoms with Gasteiger partial charge in [0.25, 0.3) is 0 Å². The van der Waals surface area contributed by atoms with E-state index < -0.39 is 0 Å². The van der Waals surface area contributed by atoms with Crippen molar-refractivity contribution in [3.05, 3.63) is 30.1 Å². The second-order valence-corrected chi connectivity index (χ2v) is 7.12. The minimum Gasteiger partial charge on any atom is -0.355 e. The van der Waals surface area contributed by atoms with Crippen molar-refractivity contribution < 1.29 is 9.59 Å². The molecule has 0 radical (unpaired) electrons. The minimum absolute atomic E-state index is 0.0111. The van der Waals surface area contributed by atoms with Crippen molar-refractivity contribution in [1.29, 1.82) is 0 Å². The van der Waals surface area contributed by atoms with E-state index in [0.29, 0.717) is 26.1 Å². The largest absolute Gasteiger partial charge is 0.355 e. The molecule has 3 amide bonds. The molecule has 2 fully saturated rings. The van der Waals surface area contributed by atoms with Crippen LogP contribution in [0.3, 0.4) is 0 Å². The van der Waals surface area contributed by atoms with Crippen molar-refractivity contribution >= 4 is 11.9 Å². The minimum atomic E-state index is -0.207. The van der Waals surface area contributed by atoms with Crippen LogP contribution in [0.4, 0.5) is 4.79 Å². The molecule has 0 aromatic carbocycles. The average Bonchev–Trinajstić information content (AvgIpc) is 2.81. The van der Waals surface area contributed by atoms with Gasteiger partial charge in [-0.1, -0.05) is 6.07 Å². The van der Waals surface area contributed by atoms with Gasteiger partial charge >= 0.3 is 6.03 Å². The molecule has 0 saturated carbocycles. The Morgan fingerprint density at radius 1 is 1.38 bits per heavy atom. The van der Waals surface area contributed by atoms with Crippen LogP contribution in [-0.4, -0.2) is 78.4 Å². The molecule has 3 rings (SSSR count). The lowest BCUT2D eigenvalue weighted by atomic mass is 9.86.